The highest BCUT2D eigenvalue weighted by molar-refractivity contribution is 5.83. The monoisotopic (exact) mass is 363 g/mol. The molecule has 0 spiro atoms. The summed E-state index contributed by atoms with van der Waals surface area (Å²) in [4.78, 5) is 6.85. The van der Waals surface area contributed by atoms with Crippen molar-refractivity contribution in [1.29, 1.82) is 0 Å². The third-order valence-corrected chi connectivity index (χ3v) is 5.37. The molecule has 0 aliphatic carbocycles. The fourth-order valence-electron chi connectivity index (χ4n) is 3.70. The molecule has 0 radical (unpaired) electrons. The van der Waals surface area contributed by atoms with E-state index in [1.807, 2.05) is 0 Å². The summed E-state index contributed by atoms with van der Waals surface area (Å²) in [6, 6.07) is 0. The van der Waals surface area contributed by atoms with Crippen molar-refractivity contribution in [3.8, 4) is 0 Å². The Morgan fingerprint density at radius 2 is 1.42 bits per heavy atom. The molecule has 1 unspecified atom stereocenters. The first kappa shape index (κ1) is 23.2. The van der Waals surface area contributed by atoms with Crippen LogP contribution in [0, 0.1) is 0 Å². The Morgan fingerprint density at radius 1 is 0.885 bits per heavy atom. The van der Waals surface area contributed by atoms with Crippen LogP contribution < -0.4 is 5.73 Å². The van der Waals surface area contributed by atoms with Crippen LogP contribution in [0.1, 0.15) is 110 Å². The molecule has 1 aliphatic rings. The molecule has 0 amide bonds. The normalized spacial score (nSPS) is 15.8. The Hall–Kier alpha value is -0.830. The molecule has 0 fully saturated rings. The molecule has 0 aromatic carbocycles. The van der Waals surface area contributed by atoms with E-state index in [1.54, 1.807) is 0 Å². The fraction of sp³-hybridized carbons (Fsp3) is 0.870. The van der Waals surface area contributed by atoms with Crippen LogP contribution in [0.25, 0.3) is 0 Å². The second kappa shape index (κ2) is 16.4. The molecule has 1 heterocycles. The van der Waals surface area contributed by atoms with Crippen molar-refractivity contribution in [3.63, 3.8) is 0 Å². The quantitative estimate of drug-likeness (QED) is 0.239. The molecule has 26 heavy (non-hydrogen) atoms. The van der Waals surface area contributed by atoms with E-state index in [4.69, 9.17) is 5.73 Å². The van der Waals surface area contributed by atoms with E-state index in [1.165, 1.54) is 95.7 Å². The zero-order valence-corrected chi connectivity index (χ0v) is 17.7. The van der Waals surface area contributed by atoms with Crippen LogP contribution in [-0.2, 0) is 0 Å². The fourth-order valence-corrected chi connectivity index (χ4v) is 3.70. The van der Waals surface area contributed by atoms with Crippen LogP contribution in [0.15, 0.2) is 17.1 Å². The predicted octanol–water partition coefficient (Wildman–Crippen LogP) is 6.43. The minimum absolute atomic E-state index is 0.113. The molecule has 3 heteroatoms. The Balaban J connectivity index is 1.82. The highest BCUT2D eigenvalue weighted by Gasteiger charge is 2.18. The van der Waals surface area contributed by atoms with Gasteiger partial charge in [-0.15, -0.1) is 0 Å². The number of allylic oxidation sites excluding steroid dienone is 2. The van der Waals surface area contributed by atoms with E-state index in [9.17, 15) is 0 Å². The lowest BCUT2D eigenvalue weighted by Crippen LogP contribution is -2.41. The minimum Gasteiger partial charge on any atom is -0.343 e. The van der Waals surface area contributed by atoms with Crippen molar-refractivity contribution in [2.45, 2.75) is 116 Å². The van der Waals surface area contributed by atoms with Gasteiger partial charge in [0.1, 0.15) is 5.84 Å². The number of nitrogens with two attached hydrogens (primary N) is 1. The predicted molar refractivity (Wildman–Crippen MR) is 117 cm³/mol. The lowest BCUT2D eigenvalue weighted by molar-refractivity contribution is 0.359. The molecule has 2 N–H and O–H groups in total. The van der Waals surface area contributed by atoms with Crippen LogP contribution in [0.3, 0.4) is 0 Å². The highest BCUT2D eigenvalue weighted by Crippen LogP contribution is 2.13. The summed E-state index contributed by atoms with van der Waals surface area (Å²) < 4.78 is 0. The van der Waals surface area contributed by atoms with Crippen molar-refractivity contribution in [2.75, 3.05) is 13.1 Å². The van der Waals surface area contributed by atoms with Crippen LogP contribution >= 0.6 is 0 Å². The lowest BCUT2D eigenvalue weighted by Gasteiger charge is -2.24. The number of hydrogen-bond acceptors (Lipinski definition) is 3. The van der Waals surface area contributed by atoms with Gasteiger partial charge in [0.15, 0.2) is 0 Å². The highest BCUT2D eigenvalue weighted by atomic mass is 15.3. The van der Waals surface area contributed by atoms with Crippen molar-refractivity contribution < 1.29 is 0 Å². The Kier molecular flexibility index (Phi) is 14.6. The summed E-state index contributed by atoms with van der Waals surface area (Å²) in [5.74, 6) is 1.24. The summed E-state index contributed by atoms with van der Waals surface area (Å²) in [5.41, 5.74) is 5.99. The van der Waals surface area contributed by atoms with Gasteiger partial charge in [0.2, 0.25) is 0 Å². The lowest BCUT2D eigenvalue weighted by atomic mass is 10.1. The Labute approximate surface area is 163 Å². The van der Waals surface area contributed by atoms with Gasteiger partial charge in [-0.05, 0) is 39.0 Å². The molecule has 0 saturated carbocycles. The van der Waals surface area contributed by atoms with E-state index < -0.39 is 0 Å². The average Bonchev–Trinajstić information content (AvgIpc) is 3.10. The summed E-state index contributed by atoms with van der Waals surface area (Å²) in [7, 11) is 0. The average molecular weight is 364 g/mol. The van der Waals surface area contributed by atoms with Gasteiger partial charge < -0.3 is 10.6 Å². The van der Waals surface area contributed by atoms with Gasteiger partial charge >= 0.3 is 0 Å². The number of aliphatic imine (C=N–C) groups is 1. The van der Waals surface area contributed by atoms with Gasteiger partial charge in [0, 0.05) is 13.0 Å². The number of amidine groups is 1. The topological polar surface area (TPSA) is 41.6 Å². The molecule has 0 aromatic rings. The van der Waals surface area contributed by atoms with Crippen LogP contribution in [0.2, 0.25) is 0 Å². The van der Waals surface area contributed by atoms with Crippen molar-refractivity contribution >= 4 is 5.84 Å². The summed E-state index contributed by atoms with van der Waals surface area (Å²) >= 11 is 0. The van der Waals surface area contributed by atoms with Crippen molar-refractivity contribution in [1.82, 2.24) is 4.90 Å². The number of nitrogens with zero attached hydrogens (tertiary/aromatic N) is 2. The first-order valence-corrected chi connectivity index (χ1v) is 11.5. The summed E-state index contributed by atoms with van der Waals surface area (Å²) in [6.07, 6.45) is 25.1. The van der Waals surface area contributed by atoms with Crippen molar-refractivity contribution in [2.24, 2.45) is 10.7 Å². The Morgan fingerprint density at radius 3 is 2.00 bits per heavy atom. The molecule has 0 saturated heterocycles. The molecule has 1 rings (SSSR count). The smallest absolute Gasteiger partial charge is 0.100 e. The minimum atomic E-state index is 0.113. The Bertz CT molecular complexity index is 374. The largest absolute Gasteiger partial charge is 0.343 e. The van der Waals surface area contributed by atoms with E-state index in [-0.39, 0.29) is 6.17 Å². The van der Waals surface area contributed by atoms with Gasteiger partial charge in [-0.1, -0.05) is 76.9 Å². The van der Waals surface area contributed by atoms with E-state index in [0.29, 0.717) is 0 Å². The maximum Gasteiger partial charge on any atom is 0.100 e. The van der Waals surface area contributed by atoms with Crippen LogP contribution in [0.5, 0.6) is 0 Å². The maximum atomic E-state index is 5.99. The zero-order chi connectivity index (χ0) is 18.9. The SMILES string of the molecule is CCCCCCCCCC/C=C/CCCCCCC1=NCCN1C(C)N. The standard InChI is InChI=1S/C23H45N3/c1-3-4-5-6-7-8-9-10-11-12-13-14-15-16-17-18-19-23-25-20-21-26(23)22(2)24/h12-13,22H,3-11,14-21,24H2,1-2H3/b13-12+. The molecule has 0 aromatic heterocycles. The first-order chi connectivity index (χ1) is 12.8. The van der Waals surface area contributed by atoms with Gasteiger partial charge in [0.25, 0.3) is 0 Å². The second-order valence-electron chi connectivity index (χ2n) is 7.92. The molecule has 1 aliphatic heterocycles. The number of hydrogen-bond donors (Lipinski definition) is 1. The van der Waals surface area contributed by atoms with Crippen LogP contribution in [-0.4, -0.2) is 30.0 Å². The van der Waals surface area contributed by atoms with Gasteiger partial charge in [-0.25, -0.2) is 0 Å². The third-order valence-electron chi connectivity index (χ3n) is 5.37. The third kappa shape index (κ3) is 11.7. The van der Waals surface area contributed by atoms with E-state index in [0.717, 1.165) is 19.5 Å². The van der Waals surface area contributed by atoms with Gasteiger partial charge in [0.05, 0.1) is 12.7 Å². The zero-order valence-electron chi connectivity index (χ0n) is 17.7. The van der Waals surface area contributed by atoms with E-state index >= 15 is 0 Å². The van der Waals surface area contributed by atoms with Crippen molar-refractivity contribution in [3.05, 3.63) is 12.2 Å². The molecule has 152 valence electrons. The molecule has 3 nitrogen and oxygen atoms in total. The molecule has 0 bridgehead atoms. The molecular formula is C23H45N3. The maximum absolute atomic E-state index is 5.99. The number of rotatable bonds is 17. The summed E-state index contributed by atoms with van der Waals surface area (Å²) in [5, 5.41) is 0. The van der Waals surface area contributed by atoms with Gasteiger partial charge in [-0.3, -0.25) is 4.99 Å². The van der Waals surface area contributed by atoms with Gasteiger partial charge in [-0.2, -0.15) is 0 Å². The van der Waals surface area contributed by atoms with Crippen LogP contribution in [0.4, 0.5) is 0 Å². The summed E-state index contributed by atoms with van der Waals surface area (Å²) in [6.45, 7) is 6.28. The first-order valence-electron chi connectivity index (χ1n) is 11.5. The van der Waals surface area contributed by atoms with E-state index in [2.05, 4.69) is 35.9 Å². The second-order valence-corrected chi connectivity index (χ2v) is 7.92. The molecular weight excluding hydrogens is 318 g/mol. The number of unbranched alkanes of at least 4 members (excludes halogenated alkanes) is 12. The molecule has 1 atom stereocenters.